The summed E-state index contributed by atoms with van der Waals surface area (Å²) in [6.45, 7) is 0.257. The van der Waals surface area contributed by atoms with E-state index in [-0.39, 0.29) is 18.3 Å². The van der Waals surface area contributed by atoms with Gasteiger partial charge < -0.3 is 9.88 Å². The highest BCUT2D eigenvalue weighted by atomic mass is 32.2. The number of aromatic nitrogens is 4. The standard InChI is InChI=1S/C23H20FN5OS/c1-29-21(27-28-23(29)31-15-20-7-2-3-12-25-20)14-26-22(30)18-6-4-5-17(13-18)16-8-10-19(24)11-9-16/h2-13H,14-15H2,1H3,(H,26,30). The van der Waals surface area contributed by atoms with Crippen molar-refractivity contribution >= 4 is 17.7 Å². The predicted octanol–water partition coefficient (Wildman–Crippen LogP) is 4.24. The van der Waals surface area contributed by atoms with E-state index in [1.165, 1.54) is 23.9 Å². The fourth-order valence-corrected chi connectivity index (χ4v) is 3.84. The molecule has 4 rings (SSSR count). The third kappa shape index (κ3) is 5.16. The quantitative estimate of drug-likeness (QED) is 0.442. The van der Waals surface area contributed by atoms with Crippen LogP contribution in [-0.2, 0) is 19.3 Å². The van der Waals surface area contributed by atoms with Crippen LogP contribution in [-0.4, -0.2) is 25.7 Å². The Hall–Kier alpha value is -3.52. The highest BCUT2D eigenvalue weighted by Crippen LogP contribution is 2.22. The topological polar surface area (TPSA) is 72.7 Å². The summed E-state index contributed by atoms with van der Waals surface area (Å²) in [7, 11) is 1.87. The molecule has 0 bridgehead atoms. The van der Waals surface area contributed by atoms with E-state index < -0.39 is 0 Å². The number of rotatable bonds is 7. The molecule has 0 aliphatic rings. The van der Waals surface area contributed by atoms with Crippen molar-refractivity contribution in [1.29, 1.82) is 0 Å². The Kier molecular flexibility index (Phi) is 6.37. The molecule has 156 valence electrons. The number of hydrogen-bond acceptors (Lipinski definition) is 5. The number of benzene rings is 2. The molecule has 0 unspecified atom stereocenters. The minimum absolute atomic E-state index is 0.213. The van der Waals surface area contributed by atoms with E-state index in [0.29, 0.717) is 17.1 Å². The fraction of sp³-hybridized carbons (Fsp3) is 0.130. The van der Waals surface area contributed by atoms with Crippen LogP contribution in [0.5, 0.6) is 0 Å². The lowest BCUT2D eigenvalue weighted by Gasteiger charge is -2.08. The molecule has 1 amide bonds. The molecule has 0 saturated heterocycles. The Morgan fingerprint density at radius 1 is 1.03 bits per heavy atom. The lowest BCUT2D eigenvalue weighted by molar-refractivity contribution is 0.0949. The van der Waals surface area contributed by atoms with Crippen LogP contribution in [0.1, 0.15) is 21.9 Å². The normalized spacial score (nSPS) is 10.8. The number of carbonyl (C=O) groups excluding carboxylic acids is 1. The second-order valence-corrected chi connectivity index (χ2v) is 7.78. The van der Waals surface area contributed by atoms with E-state index in [2.05, 4.69) is 20.5 Å². The van der Waals surface area contributed by atoms with Crippen LogP contribution in [0.3, 0.4) is 0 Å². The average molecular weight is 434 g/mol. The molecule has 0 radical (unpaired) electrons. The van der Waals surface area contributed by atoms with Gasteiger partial charge in [0.25, 0.3) is 5.91 Å². The van der Waals surface area contributed by atoms with Gasteiger partial charge in [-0.25, -0.2) is 4.39 Å². The Balaban J connectivity index is 1.38. The smallest absolute Gasteiger partial charge is 0.251 e. The van der Waals surface area contributed by atoms with Crippen molar-refractivity contribution in [2.45, 2.75) is 17.5 Å². The molecule has 0 atom stereocenters. The monoisotopic (exact) mass is 433 g/mol. The molecular weight excluding hydrogens is 413 g/mol. The zero-order valence-corrected chi connectivity index (χ0v) is 17.6. The number of nitrogens with one attached hydrogen (secondary N) is 1. The first-order valence-corrected chi connectivity index (χ1v) is 10.6. The van der Waals surface area contributed by atoms with Gasteiger partial charge in [0, 0.05) is 24.6 Å². The van der Waals surface area contributed by atoms with Gasteiger partial charge in [0.2, 0.25) is 0 Å². The van der Waals surface area contributed by atoms with Gasteiger partial charge in [0.05, 0.1) is 12.2 Å². The van der Waals surface area contributed by atoms with Crippen LogP contribution in [0, 0.1) is 5.82 Å². The molecule has 6 nitrogen and oxygen atoms in total. The zero-order chi connectivity index (χ0) is 21.6. The van der Waals surface area contributed by atoms with E-state index in [1.54, 1.807) is 30.5 Å². The van der Waals surface area contributed by atoms with Crippen LogP contribution in [0.2, 0.25) is 0 Å². The Bertz CT molecular complexity index is 1180. The summed E-state index contributed by atoms with van der Waals surface area (Å²) in [5.74, 6) is 0.843. The maximum absolute atomic E-state index is 13.2. The maximum atomic E-state index is 13.2. The number of nitrogens with zero attached hydrogens (tertiary/aromatic N) is 4. The van der Waals surface area contributed by atoms with Crippen molar-refractivity contribution in [1.82, 2.24) is 25.1 Å². The van der Waals surface area contributed by atoms with Gasteiger partial charge in [-0.1, -0.05) is 42.1 Å². The molecule has 2 aromatic heterocycles. The molecule has 31 heavy (non-hydrogen) atoms. The lowest BCUT2D eigenvalue weighted by Crippen LogP contribution is -2.24. The number of carbonyl (C=O) groups is 1. The molecule has 4 aromatic rings. The van der Waals surface area contributed by atoms with Crippen molar-refractivity contribution in [2.24, 2.45) is 7.05 Å². The minimum atomic E-state index is -0.293. The van der Waals surface area contributed by atoms with Crippen molar-refractivity contribution in [2.75, 3.05) is 0 Å². The Morgan fingerprint density at radius 3 is 2.65 bits per heavy atom. The van der Waals surface area contributed by atoms with E-state index >= 15 is 0 Å². The van der Waals surface area contributed by atoms with E-state index in [4.69, 9.17) is 0 Å². The van der Waals surface area contributed by atoms with Gasteiger partial charge in [-0.15, -0.1) is 10.2 Å². The largest absolute Gasteiger partial charge is 0.345 e. The van der Waals surface area contributed by atoms with Crippen molar-refractivity contribution in [3.05, 3.63) is 95.8 Å². The first kappa shape index (κ1) is 20.7. The SMILES string of the molecule is Cn1c(CNC(=O)c2cccc(-c3ccc(F)cc3)c2)nnc1SCc1ccccn1. The highest BCUT2D eigenvalue weighted by molar-refractivity contribution is 7.98. The summed E-state index contributed by atoms with van der Waals surface area (Å²) < 4.78 is 15.0. The summed E-state index contributed by atoms with van der Waals surface area (Å²) >= 11 is 1.54. The molecule has 8 heteroatoms. The summed E-state index contributed by atoms with van der Waals surface area (Å²) in [5, 5.41) is 12.0. The number of thioether (sulfide) groups is 1. The molecule has 0 aliphatic carbocycles. The van der Waals surface area contributed by atoms with Crippen LogP contribution >= 0.6 is 11.8 Å². The minimum Gasteiger partial charge on any atom is -0.345 e. The van der Waals surface area contributed by atoms with Gasteiger partial charge in [-0.2, -0.15) is 0 Å². The molecule has 0 aliphatic heterocycles. The van der Waals surface area contributed by atoms with Crippen molar-refractivity contribution < 1.29 is 9.18 Å². The van der Waals surface area contributed by atoms with Crippen LogP contribution in [0.25, 0.3) is 11.1 Å². The predicted molar refractivity (Wildman–Crippen MR) is 118 cm³/mol. The average Bonchev–Trinajstić information content (AvgIpc) is 3.16. The van der Waals surface area contributed by atoms with E-state index in [0.717, 1.165) is 22.0 Å². The third-order valence-corrected chi connectivity index (χ3v) is 5.76. The molecule has 0 spiro atoms. The number of amides is 1. The first-order valence-electron chi connectivity index (χ1n) is 9.65. The van der Waals surface area contributed by atoms with Gasteiger partial charge in [0.15, 0.2) is 11.0 Å². The molecule has 0 saturated carbocycles. The lowest BCUT2D eigenvalue weighted by atomic mass is 10.0. The van der Waals surface area contributed by atoms with Crippen molar-refractivity contribution in [3.8, 4) is 11.1 Å². The molecule has 2 heterocycles. The van der Waals surface area contributed by atoms with Gasteiger partial charge in [0.1, 0.15) is 5.82 Å². The van der Waals surface area contributed by atoms with E-state index in [9.17, 15) is 9.18 Å². The third-order valence-electron chi connectivity index (χ3n) is 4.71. The second kappa shape index (κ2) is 9.53. The molecule has 0 fully saturated rings. The van der Waals surface area contributed by atoms with Gasteiger partial charge in [-0.3, -0.25) is 9.78 Å². The number of hydrogen-bond donors (Lipinski definition) is 1. The Labute approximate surface area is 183 Å². The maximum Gasteiger partial charge on any atom is 0.251 e. The highest BCUT2D eigenvalue weighted by Gasteiger charge is 2.12. The van der Waals surface area contributed by atoms with E-state index in [1.807, 2.05) is 41.9 Å². The second-order valence-electron chi connectivity index (χ2n) is 6.84. The fourth-order valence-electron chi connectivity index (χ4n) is 2.99. The Morgan fingerprint density at radius 2 is 1.87 bits per heavy atom. The van der Waals surface area contributed by atoms with Gasteiger partial charge in [-0.05, 0) is 47.5 Å². The van der Waals surface area contributed by atoms with Gasteiger partial charge >= 0.3 is 0 Å². The molecular formula is C23H20FN5OS. The summed E-state index contributed by atoms with van der Waals surface area (Å²) in [6.07, 6.45) is 1.76. The van der Waals surface area contributed by atoms with Crippen LogP contribution < -0.4 is 5.32 Å². The van der Waals surface area contributed by atoms with Crippen molar-refractivity contribution in [3.63, 3.8) is 0 Å². The molecule has 2 aromatic carbocycles. The van der Waals surface area contributed by atoms with Crippen LogP contribution in [0.4, 0.5) is 4.39 Å². The number of pyridine rings is 1. The first-order chi connectivity index (χ1) is 15.1. The van der Waals surface area contributed by atoms with Crippen LogP contribution in [0.15, 0.2) is 78.1 Å². The summed E-state index contributed by atoms with van der Waals surface area (Å²) in [5.41, 5.74) is 3.18. The number of halogens is 1. The summed E-state index contributed by atoms with van der Waals surface area (Å²) in [6, 6.07) is 19.2. The molecule has 1 N–H and O–H groups in total. The summed E-state index contributed by atoms with van der Waals surface area (Å²) in [4.78, 5) is 16.9. The zero-order valence-electron chi connectivity index (χ0n) is 16.8.